The highest BCUT2D eigenvalue weighted by Crippen LogP contribution is 2.17. The van der Waals surface area contributed by atoms with Gasteiger partial charge in [-0.2, -0.15) is 4.31 Å². The van der Waals surface area contributed by atoms with E-state index in [9.17, 15) is 13.2 Å². The Morgan fingerprint density at radius 2 is 1.69 bits per heavy atom. The molecule has 7 heteroatoms. The lowest BCUT2D eigenvalue weighted by molar-refractivity contribution is 0.0947. The highest BCUT2D eigenvalue weighted by Gasteiger charge is 2.23. The predicted molar refractivity (Wildman–Crippen MR) is 101 cm³/mol. The van der Waals surface area contributed by atoms with E-state index in [0.29, 0.717) is 18.7 Å². The second kappa shape index (κ2) is 8.82. The summed E-state index contributed by atoms with van der Waals surface area (Å²) < 4.78 is 31.6. The van der Waals surface area contributed by atoms with Crippen molar-refractivity contribution in [2.75, 3.05) is 20.2 Å². The van der Waals surface area contributed by atoms with Crippen molar-refractivity contribution in [1.29, 1.82) is 0 Å². The van der Waals surface area contributed by atoms with Crippen molar-refractivity contribution >= 4 is 15.9 Å². The van der Waals surface area contributed by atoms with E-state index in [-0.39, 0.29) is 16.8 Å². The number of ether oxygens (including phenoxy) is 1. The van der Waals surface area contributed by atoms with Crippen molar-refractivity contribution in [3.8, 4) is 5.75 Å². The van der Waals surface area contributed by atoms with Gasteiger partial charge in [0.1, 0.15) is 12.4 Å². The van der Waals surface area contributed by atoms with Gasteiger partial charge in [0.15, 0.2) is 0 Å². The van der Waals surface area contributed by atoms with Gasteiger partial charge < -0.3 is 10.1 Å². The highest BCUT2D eigenvalue weighted by molar-refractivity contribution is 7.89. The van der Waals surface area contributed by atoms with Gasteiger partial charge >= 0.3 is 0 Å². The third kappa shape index (κ3) is 5.06. The lowest BCUT2D eigenvalue weighted by atomic mass is 10.2. The maximum atomic E-state index is 12.4. The van der Waals surface area contributed by atoms with Gasteiger partial charge in [-0.15, -0.1) is 0 Å². The van der Waals surface area contributed by atoms with E-state index in [4.69, 9.17) is 4.74 Å². The van der Waals surface area contributed by atoms with Crippen LogP contribution in [0.3, 0.4) is 0 Å². The van der Waals surface area contributed by atoms with Gasteiger partial charge in [0, 0.05) is 18.7 Å². The van der Waals surface area contributed by atoms with E-state index in [2.05, 4.69) is 5.32 Å². The lowest BCUT2D eigenvalue weighted by Gasteiger charge is -2.21. The number of nitrogens with zero attached hydrogens (tertiary/aromatic N) is 1. The maximum absolute atomic E-state index is 12.4. The normalized spacial score (nSPS) is 11.6. The SMILES string of the molecule is CC(C)N(C)S(=O)(=O)c1ccc(C(=O)NCCOc2ccccc2)cc1. The molecule has 0 spiro atoms. The van der Waals surface area contributed by atoms with Crippen molar-refractivity contribution in [2.45, 2.75) is 24.8 Å². The number of sulfonamides is 1. The van der Waals surface area contributed by atoms with Crippen LogP contribution in [0.25, 0.3) is 0 Å². The van der Waals surface area contributed by atoms with Crippen molar-refractivity contribution in [3.63, 3.8) is 0 Å². The fourth-order valence-corrected chi connectivity index (χ4v) is 3.54. The Hall–Kier alpha value is -2.38. The van der Waals surface area contributed by atoms with Crippen molar-refractivity contribution < 1.29 is 17.9 Å². The van der Waals surface area contributed by atoms with Crippen LogP contribution in [-0.2, 0) is 10.0 Å². The predicted octanol–water partition coefficient (Wildman–Crippen LogP) is 2.52. The Bertz CT molecular complexity index is 818. The second-order valence-corrected chi connectivity index (χ2v) is 8.05. The minimum absolute atomic E-state index is 0.146. The Morgan fingerprint density at radius 1 is 1.08 bits per heavy atom. The van der Waals surface area contributed by atoms with Gasteiger partial charge in [-0.1, -0.05) is 18.2 Å². The first-order chi connectivity index (χ1) is 12.3. The zero-order valence-electron chi connectivity index (χ0n) is 15.2. The molecular formula is C19H24N2O4S. The van der Waals surface area contributed by atoms with Crippen LogP contribution in [0.15, 0.2) is 59.5 Å². The van der Waals surface area contributed by atoms with E-state index >= 15 is 0 Å². The first-order valence-electron chi connectivity index (χ1n) is 8.36. The molecule has 0 radical (unpaired) electrons. The number of carbonyl (C=O) groups is 1. The van der Waals surface area contributed by atoms with Gasteiger partial charge in [0.25, 0.3) is 5.91 Å². The van der Waals surface area contributed by atoms with Crippen LogP contribution in [0.2, 0.25) is 0 Å². The van der Waals surface area contributed by atoms with E-state index in [1.807, 2.05) is 30.3 Å². The standard InChI is InChI=1S/C19H24N2O4S/c1-15(2)21(3)26(23,24)18-11-9-16(10-12-18)19(22)20-13-14-25-17-7-5-4-6-8-17/h4-12,15H,13-14H2,1-3H3,(H,20,22). The Balaban J connectivity index is 1.90. The second-order valence-electron chi connectivity index (χ2n) is 6.06. The third-order valence-electron chi connectivity index (χ3n) is 3.92. The molecule has 0 fully saturated rings. The fourth-order valence-electron chi connectivity index (χ4n) is 2.17. The first-order valence-corrected chi connectivity index (χ1v) is 9.80. The van der Waals surface area contributed by atoms with E-state index in [0.717, 1.165) is 5.75 Å². The number of benzene rings is 2. The number of amides is 1. The molecule has 6 nitrogen and oxygen atoms in total. The molecule has 1 N–H and O–H groups in total. The Morgan fingerprint density at radius 3 is 2.27 bits per heavy atom. The topological polar surface area (TPSA) is 75.7 Å². The molecule has 0 saturated heterocycles. The van der Waals surface area contributed by atoms with E-state index < -0.39 is 10.0 Å². The quantitative estimate of drug-likeness (QED) is 0.719. The number of para-hydroxylation sites is 1. The zero-order valence-corrected chi connectivity index (χ0v) is 16.0. The minimum Gasteiger partial charge on any atom is -0.492 e. The zero-order chi connectivity index (χ0) is 19.2. The molecule has 0 atom stereocenters. The summed E-state index contributed by atoms with van der Waals surface area (Å²) in [5.74, 6) is 0.466. The molecule has 0 aliphatic heterocycles. The number of hydrogen-bond donors (Lipinski definition) is 1. The van der Waals surface area contributed by atoms with Crippen molar-refractivity contribution in [1.82, 2.24) is 9.62 Å². The molecule has 26 heavy (non-hydrogen) atoms. The smallest absolute Gasteiger partial charge is 0.251 e. The summed E-state index contributed by atoms with van der Waals surface area (Å²) >= 11 is 0. The Labute approximate surface area is 154 Å². The molecule has 0 heterocycles. The first kappa shape index (κ1) is 19.9. The monoisotopic (exact) mass is 376 g/mol. The highest BCUT2D eigenvalue weighted by atomic mass is 32.2. The van der Waals surface area contributed by atoms with Gasteiger partial charge in [-0.3, -0.25) is 4.79 Å². The van der Waals surface area contributed by atoms with Crippen LogP contribution in [0.4, 0.5) is 0 Å². The molecule has 0 bridgehead atoms. The molecule has 2 aromatic rings. The molecule has 0 unspecified atom stereocenters. The average molecular weight is 376 g/mol. The van der Waals surface area contributed by atoms with Crippen LogP contribution in [0.5, 0.6) is 5.75 Å². The van der Waals surface area contributed by atoms with Crippen LogP contribution in [0, 0.1) is 0 Å². The van der Waals surface area contributed by atoms with Crippen LogP contribution >= 0.6 is 0 Å². The molecule has 0 aliphatic rings. The van der Waals surface area contributed by atoms with Crippen LogP contribution < -0.4 is 10.1 Å². The molecule has 0 aromatic heterocycles. The number of hydrogen-bond acceptors (Lipinski definition) is 4. The molecule has 1 amide bonds. The summed E-state index contributed by atoms with van der Waals surface area (Å²) in [4.78, 5) is 12.3. The van der Waals surface area contributed by atoms with Gasteiger partial charge in [0.05, 0.1) is 11.4 Å². The van der Waals surface area contributed by atoms with Crippen LogP contribution in [0.1, 0.15) is 24.2 Å². The summed E-state index contributed by atoms with van der Waals surface area (Å²) in [5.41, 5.74) is 0.399. The number of rotatable bonds is 8. The molecule has 0 aliphatic carbocycles. The minimum atomic E-state index is -3.55. The van der Waals surface area contributed by atoms with E-state index in [1.54, 1.807) is 13.8 Å². The maximum Gasteiger partial charge on any atom is 0.251 e. The largest absolute Gasteiger partial charge is 0.492 e. The summed E-state index contributed by atoms with van der Waals surface area (Å²) in [5, 5.41) is 2.74. The van der Waals surface area contributed by atoms with Gasteiger partial charge in [-0.25, -0.2) is 8.42 Å². The van der Waals surface area contributed by atoms with Gasteiger partial charge in [-0.05, 0) is 50.2 Å². The molecule has 2 rings (SSSR count). The average Bonchev–Trinajstić information content (AvgIpc) is 2.65. The van der Waals surface area contributed by atoms with Crippen molar-refractivity contribution in [2.24, 2.45) is 0 Å². The number of nitrogens with one attached hydrogen (secondary N) is 1. The molecular weight excluding hydrogens is 352 g/mol. The van der Waals surface area contributed by atoms with Crippen LogP contribution in [-0.4, -0.2) is 44.9 Å². The fraction of sp³-hybridized carbons (Fsp3) is 0.316. The molecule has 140 valence electrons. The summed E-state index contributed by atoms with van der Waals surface area (Å²) in [6.07, 6.45) is 0. The number of carbonyl (C=O) groups excluding carboxylic acids is 1. The van der Waals surface area contributed by atoms with E-state index in [1.165, 1.54) is 35.6 Å². The summed E-state index contributed by atoms with van der Waals surface area (Å²) in [7, 11) is -2.02. The van der Waals surface area contributed by atoms with Crippen molar-refractivity contribution in [3.05, 3.63) is 60.2 Å². The Kier molecular flexibility index (Phi) is 6.76. The molecule has 2 aromatic carbocycles. The lowest BCUT2D eigenvalue weighted by Crippen LogP contribution is -2.33. The molecule has 0 saturated carbocycles. The third-order valence-corrected chi connectivity index (χ3v) is 5.97. The van der Waals surface area contributed by atoms with Gasteiger partial charge in [0.2, 0.25) is 10.0 Å². The summed E-state index contributed by atoms with van der Waals surface area (Å²) in [6, 6.07) is 15.1. The summed E-state index contributed by atoms with van der Waals surface area (Å²) in [6.45, 7) is 4.30.